The Morgan fingerprint density at radius 2 is 2.00 bits per heavy atom. The second kappa shape index (κ2) is 3.97. The van der Waals surface area contributed by atoms with Crippen LogP contribution in [0.4, 0.5) is 0 Å². The molecule has 0 rings (SSSR count). The van der Waals surface area contributed by atoms with Crippen molar-refractivity contribution in [3.63, 3.8) is 0 Å². The van der Waals surface area contributed by atoms with Gasteiger partial charge in [-0.2, -0.15) is 22.2 Å². The van der Waals surface area contributed by atoms with Crippen molar-refractivity contribution in [3.8, 4) is 0 Å². The summed E-state index contributed by atoms with van der Waals surface area (Å²) in [6.45, 7) is 2.09. The third-order valence-electron chi connectivity index (χ3n) is 0.507. The fourth-order valence-corrected chi connectivity index (χ4v) is 1.96. The van der Waals surface area contributed by atoms with Gasteiger partial charge in [0.1, 0.15) is 0 Å². The summed E-state index contributed by atoms with van der Waals surface area (Å²) in [6.07, 6.45) is 1.13. The molecule has 6 heavy (non-hydrogen) atoms. The highest BCUT2D eigenvalue weighted by Gasteiger charge is 1.95. The molecule has 38 valence electrons. The Balaban J connectivity index is 2.63. The Morgan fingerprint density at radius 1 is 1.50 bits per heavy atom. The molecule has 0 atom stereocenters. The summed E-state index contributed by atoms with van der Waals surface area (Å²) < 4.78 is 0. The van der Waals surface area contributed by atoms with Crippen molar-refractivity contribution in [2.45, 2.75) is 19.4 Å². The fraction of sp³-hybridized carbons (Fsp3) is 1.00. The molecule has 0 unspecified atom stereocenters. The summed E-state index contributed by atoms with van der Waals surface area (Å²) in [7, 11) is -1.23. The molecular weight excluding hydrogens is 135 g/mol. The highest BCUT2D eigenvalue weighted by molar-refractivity contribution is 7.33. The van der Waals surface area contributed by atoms with E-state index < -0.39 is 7.42 Å². The molecule has 0 radical (unpaired) electrons. The third-order valence-corrected chi connectivity index (χ3v) is 2.83. The molecular formula is C3H8Cl2Si. The van der Waals surface area contributed by atoms with Crippen molar-refractivity contribution in [3.05, 3.63) is 0 Å². The maximum Gasteiger partial charge on any atom is 0.237 e. The summed E-state index contributed by atoms with van der Waals surface area (Å²) in [5, 5.41) is 0. The average Bonchev–Trinajstić information content (AvgIpc) is 1.35. The van der Waals surface area contributed by atoms with E-state index in [2.05, 4.69) is 6.92 Å². The second-order valence-corrected chi connectivity index (χ2v) is 6.37. The van der Waals surface area contributed by atoms with Crippen LogP contribution in [0.5, 0.6) is 0 Å². The molecule has 0 amide bonds. The van der Waals surface area contributed by atoms with Crippen LogP contribution in [0.2, 0.25) is 6.04 Å². The van der Waals surface area contributed by atoms with Crippen LogP contribution in [0.25, 0.3) is 0 Å². The number of rotatable bonds is 2. The van der Waals surface area contributed by atoms with Crippen LogP contribution in [0, 0.1) is 0 Å². The molecule has 3 heteroatoms. The van der Waals surface area contributed by atoms with Crippen molar-refractivity contribution in [1.82, 2.24) is 0 Å². The average molecular weight is 143 g/mol. The highest BCUT2D eigenvalue weighted by Crippen LogP contribution is 2.04. The zero-order chi connectivity index (χ0) is 4.99. The standard InChI is InChI=1S/C3H8Cl2Si/c1-2-3-6(4)5/h6H,2-3H2,1H3. The van der Waals surface area contributed by atoms with Crippen LogP contribution < -0.4 is 0 Å². The Hall–Kier alpha value is 0.797. The van der Waals surface area contributed by atoms with Crippen LogP contribution in [-0.4, -0.2) is 7.42 Å². The fourth-order valence-electron chi connectivity index (χ4n) is 0.218. The Morgan fingerprint density at radius 3 is 2.00 bits per heavy atom. The maximum absolute atomic E-state index is 5.48. The lowest BCUT2D eigenvalue weighted by atomic mass is 10.6. The summed E-state index contributed by atoms with van der Waals surface area (Å²) in [4.78, 5) is 0. The quantitative estimate of drug-likeness (QED) is 0.410. The summed E-state index contributed by atoms with van der Waals surface area (Å²) in [6, 6.07) is 1.04. The molecule has 0 aliphatic carbocycles. The van der Waals surface area contributed by atoms with Gasteiger partial charge in [-0.05, 0) is 6.04 Å². The minimum atomic E-state index is -1.23. The van der Waals surface area contributed by atoms with Crippen LogP contribution in [0.3, 0.4) is 0 Å². The van der Waals surface area contributed by atoms with Crippen molar-refractivity contribution < 1.29 is 0 Å². The van der Waals surface area contributed by atoms with Crippen molar-refractivity contribution in [2.24, 2.45) is 0 Å². The lowest BCUT2D eigenvalue weighted by molar-refractivity contribution is 1.08. The van der Waals surface area contributed by atoms with E-state index in [9.17, 15) is 0 Å². The molecule has 0 aliphatic rings. The van der Waals surface area contributed by atoms with Gasteiger partial charge in [-0.15, -0.1) is 0 Å². The molecule has 0 aromatic rings. The van der Waals surface area contributed by atoms with E-state index in [1.54, 1.807) is 0 Å². The summed E-state index contributed by atoms with van der Waals surface area (Å²) in [5.74, 6) is 0. The topological polar surface area (TPSA) is 0 Å². The molecule has 0 bridgehead atoms. The maximum atomic E-state index is 5.48. The highest BCUT2D eigenvalue weighted by atomic mass is 35.7. The van der Waals surface area contributed by atoms with E-state index in [-0.39, 0.29) is 0 Å². The molecule has 0 saturated carbocycles. The summed E-state index contributed by atoms with van der Waals surface area (Å²) in [5.41, 5.74) is 0. The van der Waals surface area contributed by atoms with Crippen LogP contribution >= 0.6 is 22.2 Å². The van der Waals surface area contributed by atoms with Gasteiger partial charge in [-0.3, -0.25) is 0 Å². The zero-order valence-electron chi connectivity index (χ0n) is 3.75. The van der Waals surface area contributed by atoms with E-state index in [0.29, 0.717) is 0 Å². The van der Waals surface area contributed by atoms with E-state index in [0.717, 1.165) is 12.5 Å². The van der Waals surface area contributed by atoms with Gasteiger partial charge in [-0.1, -0.05) is 13.3 Å². The van der Waals surface area contributed by atoms with Crippen molar-refractivity contribution in [1.29, 1.82) is 0 Å². The molecule has 0 aromatic heterocycles. The van der Waals surface area contributed by atoms with Crippen LogP contribution in [0.1, 0.15) is 13.3 Å². The molecule has 0 aliphatic heterocycles. The summed E-state index contributed by atoms with van der Waals surface area (Å²) >= 11 is 11.0. The predicted octanol–water partition coefficient (Wildman–Crippen LogP) is 2.09. The lowest BCUT2D eigenvalue weighted by Gasteiger charge is -1.87. The molecule has 0 saturated heterocycles. The Bertz CT molecular complexity index is 30.0. The lowest BCUT2D eigenvalue weighted by Crippen LogP contribution is -1.87. The second-order valence-electron chi connectivity index (χ2n) is 1.18. The molecule has 0 spiro atoms. The first-order valence-corrected chi connectivity index (χ1v) is 6.36. The Labute approximate surface area is 49.5 Å². The molecule has 0 nitrogen and oxygen atoms in total. The van der Waals surface area contributed by atoms with Crippen molar-refractivity contribution in [2.75, 3.05) is 0 Å². The number of hydrogen-bond donors (Lipinski definition) is 0. The van der Waals surface area contributed by atoms with Gasteiger partial charge in [0.05, 0.1) is 0 Å². The van der Waals surface area contributed by atoms with Crippen molar-refractivity contribution >= 4 is 29.6 Å². The molecule has 0 fully saturated rings. The van der Waals surface area contributed by atoms with Gasteiger partial charge in [0, 0.05) is 0 Å². The minimum Gasteiger partial charge on any atom is -0.150 e. The van der Waals surface area contributed by atoms with Crippen LogP contribution in [-0.2, 0) is 0 Å². The largest absolute Gasteiger partial charge is 0.237 e. The number of halogens is 2. The van der Waals surface area contributed by atoms with E-state index in [1.165, 1.54) is 0 Å². The first kappa shape index (κ1) is 6.80. The number of hydrogen-bond acceptors (Lipinski definition) is 0. The zero-order valence-corrected chi connectivity index (χ0v) is 6.41. The molecule has 0 N–H and O–H groups in total. The van der Waals surface area contributed by atoms with Gasteiger partial charge in [-0.25, -0.2) is 0 Å². The third kappa shape index (κ3) is 4.80. The molecule has 0 heterocycles. The van der Waals surface area contributed by atoms with E-state index in [4.69, 9.17) is 22.2 Å². The van der Waals surface area contributed by atoms with Crippen LogP contribution in [0.15, 0.2) is 0 Å². The normalized spacial score (nSPS) is 10.0. The van der Waals surface area contributed by atoms with Gasteiger partial charge in [0.15, 0.2) is 0 Å². The first-order chi connectivity index (χ1) is 2.77. The monoisotopic (exact) mass is 142 g/mol. The Kier molecular flexibility index (Phi) is 4.50. The van der Waals surface area contributed by atoms with E-state index in [1.807, 2.05) is 0 Å². The SMILES string of the molecule is CCC[SiH](Cl)Cl. The van der Waals surface area contributed by atoms with Gasteiger partial charge < -0.3 is 0 Å². The smallest absolute Gasteiger partial charge is 0.150 e. The predicted molar refractivity (Wildman–Crippen MR) is 34.0 cm³/mol. The first-order valence-electron chi connectivity index (χ1n) is 2.05. The van der Waals surface area contributed by atoms with Gasteiger partial charge >= 0.3 is 0 Å². The van der Waals surface area contributed by atoms with E-state index >= 15 is 0 Å². The van der Waals surface area contributed by atoms with Gasteiger partial charge in [0.25, 0.3) is 0 Å². The minimum absolute atomic E-state index is 1.04. The van der Waals surface area contributed by atoms with Gasteiger partial charge in [0.2, 0.25) is 7.42 Å². The molecule has 0 aromatic carbocycles.